The average Bonchev–Trinajstić information content (AvgIpc) is 2.47. The van der Waals surface area contributed by atoms with E-state index in [4.69, 9.17) is 0 Å². The molecule has 2 aromatic rings. The van der Waals surface area contributed by atoms with Gasteiger partial charge in [-0.25, -0.2) is 4.39 Å². The molecule has 0 saturated heterocycles. The molecular formula is C17H14BrFN2. The van der Waals surface area contributed by atoms with Gasteiger partial charge in [-0.15, -0.1) is 0 Å². The summed E-state index contributed by atoms with van der Waals surface area (Å²) in [5.74, 6) is -0.269. The molecule has 0 aliphatic heterocycles. The molecule has 0 bridgehead atoms. The molecular weight excluding hydrogens is 331 g/mol. The van der Waals surface area contributed by atoms with Gasteiger partial charge in [0.15, 0.2) is 0 Å². The molecule has 2 nitrogen and oxygen atoms in total. The monoisotopic (exact) mass is 344 g/mol. The van der Waals surface area contributed by atoms with Crippen LogP contribution < -0.4 is 5.32 Å². The van der Waals surface area contributed by atoms with Crippen molar-refractivity contribution in [3.63, 3.8) is 0 Å². The molecule has 1 aliphatic carbocycles. The quantitative estimate of drug-likeness (QED) is 0.881. The number of nitrogens with one attached hydrogen (secondary N) is 1. The smallest absolute Gasteiger partial charge is 0.125 e. The lowest BCUT2D eigenvalue weighted by Gasteiger charge is -2.43. The highest BCUT2D eigenvalue weighted by Gasteiger charge is 2.46. The summed E-state index contributed by atoms with van der Waals surface area (Å²) in [7, 11) is 0. The van der Waals surface area contributed by atoms with Crippen molar-refractivity contribution < 1.29 is 4.39 Å². The van der Waals surface area contributed by atoms with Gasteiger partial charge in [-0.1, -0.05) is 30.3 Å². The fourth-order valence-electron chi connectivity index (χ4n) is 2.86. The molecule has 1 N–H and O–H groups in total. The van der Waals surface area contributed by atoms with E-state index in [2.05, 4.69) is 27.3 Å². The molecule has 0 amide bonds. The van der Waals surface area contributed by atoms with E-state index in [0.717, 1.165) is 28.6 Å². The van der Waals surface area contributed by atoms with Gasteiger partial charge in [0, 0.05) is 10.5 Å². The second-order valence-electron chi connectivity index (χ2n) is 5.43. The standard InChI is InChI=1S/C17H14BrFN2/c18-15-7-6-13(19)8-16(15)21-14-9-17(10-14,11-20)12-4-2-1-3-5-12/h1-8,14,21H,9-10H2. The summed E-state index contributed by atoms with van der Waals surface area (Å²) in [5, 5.41) is 12.8. The topological polar surface area (TPSA) is 35.8 Å². The fraction of sp³-hybridized carbons (Fsp3) is 0.235. The molecule has 1 aliphatic rings. The van der Waals surface area contributed by atoms with Crippen molar-refractivity contribution in [2.24, 2.45) is 0 Å². The Morgan fingerprint density at radius 3 is 2.57 bits per heavy atom. The van der Waals surface area contributed by atoms with Gasteiger partial charge >= 0.3 is 0 Å². The Balaban J connectivity index is 1.73. The first-order valence-corrected chi connectivity index (χ1v) is 7.61. The first-order valence-electron chi connectivity index (χ1n) is 6.81. The summed E-state index contributed by atoms with van der Waals surface area (Å²) in [6.07, 6.45) is 1.47. The van der Waals surface area contributed by atoms with Crippen molar-refractivity contribution >= 4 is 21.6 Å². The maximum absolute atomic E-state index is 13.3. The van der Waals surface area contributed by atoms with Crippen LogP contribution in [-0.4, -0.2) is 6.04 Å². The molecule has 3 rings (SSSR count). The zero-order valence-corrected chi connectivity index (χ0v) is 12.9. The van der Waals surface area contributed by atoms with Crippen LogP contribution in [-0.2, 0) is 5.41 Å². The Morgan fingerprint density at radius 2 is 1.90 bits per heavy atom. The Hall–Kier alpha value is -1.86. The molecule has 1 fully saturated rings. The zero-order valence-electron chi connectivity index (χ0n) is 11.3. The molecule has 1 saturated carbocycles. The van der Waals surface area contributed by atoms with E-state index in [-0.39, 0.29) is 11.9 Å². The van der Waals surface area contributed by atoms with Gasteiger partial charge in [0.1, 0.15) is 5.82 Å². The van der Waals surface area contributed by atoms with Crippen molar-refractivity contribution in [1.82, 2.24) is 0 Å². The van der Waals surface area contributed by atoms with Crippen LogP contribution >= 0.6 is 15.9 Å². The average molecular weight is 345 g/mol. The van der Waals surface area contributed by atoms with Gasteiger partial charge < -0.3 is 5.32 Å². The molecule has 0 atom stereocenters. The summed E-state index contributed by atoms with van der Waals surface area (Å²) < 4.78 is 14.1. The third-order valence-electron chi connectivity index (χ3n) is 4.02. The summed E-state index contributed by atoms with van der Waals surface area (Å²) in [4.78, 5) is 0. The van der Waals surface area contributed by atoms with Crippen LogP contribution in [0, 0.1) is 17.1 Å². The molecule has 0 heterocycles. The van der Waals surface area contributed by atoms with E-state index in [1.165, 1.54) is 12.1 Å². The summed E-state index contributed by atoms with van der Waals surface area (Å²) >= 11 is 3.41. The van der Waals surface area contributed by atoms with Gasteiger partial charge in [-0.2, -0.15) is 5.26 Å². The summed E-state index contributed by atoms with van der Waals surface area (Å²) in [6, 6.07) is 17.1. The van der Waals surface area contributed by atoms with E-state index in [0.29, 0.717) is 0 Å². The normalized spacial score (nSPS) is 24.0. The third-order valence-corrected chi connectivity index (χ3v) is 4.71. The Morgan fingerprint density at radius 1 is 1.19 bits per heavy atom. The second-order valence-corrected chi connectivity index (χ2v) is 6.29. The van der Waals surface area contributed by atoms with Gasteiger partial charge in [0.25, 0.3) is 0 Å². The highest BCUT2D eigenvalue weighted by molar-refractivity contribution is 9.10. The Labute approximate surface area is 131 Å². The van der Waals surface area contributed by atoms with Gasteiger partial charge in [-0.3, -0.25) is 0 Å². The van der Waals surface area contributed by atoms with E-state index in [1.54, 1.807) is 6.07 Å². The van der Waals surface area contributed by atoms with Crippen LogP contribution in [0.1, 0.15) is 18.4 Å². The molecule has 21 heavy (non-hydrogen) atoms. The number of hydrogen-bond acceptors (Lipinski definition) is 2. The van der Waals surface area contributed by atoms with E-state index < -0.39 is 5.41 Å². The summed E-state index contributed by atoms with van der Waals surface area (Å²) in [5.41, 5.74) is 1.38. The molecule has 0 radical (unpaired) electrons. The van der Waals surface area contributed by atoms with Crippen molar-refractivity contribution in [2.45, 2.75) is 24.3 Å². The predicted molar refractivity (Wildman–Crippen MR) is 84.5 cm³/mol. The number of halogens is 2. The highest BCUT2D eigenvalue weighted by Crippen LogP contribution is 2.45. The lowest BCUT2D eigenvalue weighted by molar-refractivity contribution is 0.289. The highest BCUT2D eigenvalue weighted by atomic mass is 79.9. The van der Waals surface area contributed by atoms with Gasteiger partial charge in [0.2, 0.25) is 0 Å². The minimum absolute atomic E-state index is 0.183. The molecule has 0 spiro atoms. The maximum Gasteiger partial charge on any atom is 0.125 e. The molecule has 0 aromatic heterocycles. The lowest BCUT2D eigenvalue weighted by Crippen LogP contribution is -2.47. The number of nitrogens with zero attached hydrogens (tertiary/aromatic N) is 1. The zero-order chi connectivity index (χ0) is 14.9. The van der Waals surface area contributed by atoms with Crippen LogP contribution in [0.25, 0.3) is 0 Å². The fourth-order valence-corrected chi connectivity index (χ4v) is 3.22. The van der Waals surface area contributed by atoms with Crippen LogP contribution in [0.2, 0.25) is 0 Å². The minimum atomic E-state index is -0.418. The van der Waals surface area contributed by atoms with E-state index in [9.17, 15) is 9.65 Å². The number of benzene rings is 2. The second kappa shape index (κ2) is 5.50. The van der Waals surface area contributed by atoms with Crippen LogP contribution in [0.5, 0.6) is 0 Å². The third kappa shape index (κ3) is 2.66. The first kappa shape index (κ1) is 14.1. The summed E-state index contributed by atoms with van der Waals surface area (Å²) in [6.45, 7) is 0. The van der Waals surface area contributed by atoms with E-state index in [1.807, 2.05) is 30.3 Å². The molecule has 106 valence electrons. The van der Waals surface area contributed by atoms with Crippen LogP contribution in [0.3, 0.4) is 0 Å². The van der Waals surface area contributed by atoms with Crippen molar-refractivity contribution in [2.75, 3.05) is 5.32 Å². The van der Waals surface area contributed by atoms with Crippen LogP contribution in [0.15, 0.2) is 53.0 Å². The largest absolute Gasteiger partial charge is 0.381 e. The first-order chi connectivity index (χ1) is 10.1. The number of rotatable bonds is 3. The maximum atomic E-state index is 13.3. The van der Waals surface area contributed by atoms with Crippen molar-refractivity contribution in [1.29, 1.82) is 5.26 Å². The molecule has 4 heteroatoms. The Bertz CT molecular complexity index is 688. The van der Waals surface area contributed by atoms with Crippen molar-refractivity contribution in [3.8, 4) is 6.07 Å². The minimum Gasteiger partial charge on any atom is -0.381 e. The van der Waals surface area contributed by atoms with Crippen LogP contribution in [0.4, 0.5) is 10.1 Å². The Kier molecular flexibility index (Phi) is 3.69. The number of anilines is 1. The lowest BCUT2D eigenvalue weighted by atomic mass is 9.62. The predicted octanol–water partition coefficient (Wildman–Crippen LogP) is 4.62. The van der Waals surface area contributed by atoms with E-state index >= 15 is 0 Å². The molecule has 2 aromatic carbocycles. The number of nitriles is 1. The molecule has 0 unspecified atom stereocenters. The van der Waals surface area contributed by atoms with Gasteiger partial charge in [-0.05, 0) is 52.5 Å². The SMILES string of the molecule is N#CC1(c2ccccc2)CC(Nc2cc(F)ccc2Br)C1. The van der Waals surface area contributed by atoms with Crippen molar-refractivity contribution in [3.05, 3.63) is 64.4 Å². The number of hydrogen-bond donors (Lipinski definition) is 1. The van der Waals surface area contributed by atoms with Gasteiger partial charge in [0.05, 0.1) is 17.2 Å².